The second-order valence-corrected chi connectivity index (χ2v) is 7.60. The summed E-state index contributed by atoms with van der Waals surface area (Å²) in [5.74, 6) is 0.926. The van der Waals surface area contributed by atoms with E-state index in [1.807, 2.05) is 29.1 Å². The number of thioether (sulfide) groups is 1. The fourth-order valence-electron chi connectivity index (χ4n) is 2.35. The first-order valence-electron chi connectivity index (χ1n) is 8.35. The highest BCUT2D eigenvalue weighted by Gasteiger charge is 2.13. The van der Waals surface area contributed by atoms with Crippen molar-refractivity contribution in [1.29, 1.82) is 0 Å². The van der Waals surface area contributed by atoms with Gasteiger partial charge in [-0.2, -0.15) is 0 Å². The van der Waals surface area contributed by atoms with Gasteiger partial charge in [-0.3, -0.25) is 14.9 Å². The summed E-state index contributed by atoms with van der Waals surface area (Å²) in [7, 11) is 1.88. The molecule has 0 saturated heterocycles. The van der Waals surface area contributed by atoms with Gasteiger partial charge in [-0.25, -0.2) is 0 Å². The summed E-state index contributed by atoms with van der Waals surface area (Å²) in [4.78, 5) is 23.2. The Morgan fingerprint density at radius 1 is 1.25 bits per heavy atom. The minimum atomic E-state index is -0.442. The number of carbonyl (C=O) groups excluding carboxylic acids is 1. The van der Waals surface area contributed by atoms with E-state index in [4.69, 9.17) is 0 Å². The lowest BCUT2D eigenvalue weighted by atomic mass is 10.3. The average molecular weight is 419 g/mol. The SMILES string of the molecule is Cn1c(SCC(=O)NCCNc2ccc([N+](=O)[O-])cc2)nnc1-c1cccs1. The zero-order valence-corrected chi connectivity index (χ0v) is 16.6. The van der Waals surface area contributed by atoms with Gasteiger partial charge in [0.2, 0.25) is 5.91 Å². The largest absolute Gasteiger partial charge is 0.383 e. The van der Waals surface area contributed by atoms with Crippen LogP contribution in [0.1, 0.15) is 0 Å². The van der Waals surface area contributed by atoms with Crippen molar-refractivity contribution in [3.8, 4) is 10.7 Å². The van der Waals surface area contributed by atoms with Crippen molar-refractivity contribution in [1.82, 2.24) is 20.1 Å². The highest BCUT2D eigenvalue weighted by Crippen LogP contribution is 2.25. The molecule has 11 heteroatoms. The number of amides is 1. The van der Waals surface area contributed by atoms with Gasteiger partial charge in [-0.05, 0) is 23.6 Å². The normalized spacial score (nSPS) is 10.6. The fourth-order valence-corrected chi connectivity index (χ4v) is 3.84. The summed E-state index contributed by atoms with van der Waals surface area (Å²) < 4.78 is 1.87. The van der Waals surface area contributed by atoms with Crippen molar-refractivity contribution >= 4 is 40.4 Å². The minimum absolute atomic E-state index is 0.0434. The third-order valence-corrected chi connectivity index (χ3v) is 5.65. The van der Waals surface area contributed by atoms with Gasteiger partial charge in [0.25, 0.3) is 5.69 Å². The van der Waals surface area contributed by atoms with E-state index in [-0.39, 0.29) is 17.3 Å². The Labute approximate surface area is 169 Å². The Morgan fingerprint density at radius 3 is 2.71 bits per heavy atom. The third-order valence-electron chi connectivity index (χ3n) is 3.76. The highest BCUT2D eigenvalue weighted by atomic mass is 32.2. The number of thiophene rings is 1. The van der Waals surface area contributed by atoms with E-state index in [0.717, 1.165) is 16.4 Å². The van der Waals surface area contributed by atoms with Crippen LogP contribution in [0.4, 0.5) is 11.4 Å². The summed E-state index contributed by atoms with van der Waals surface area (Å²) in [5, 5.41) is 27.5. The molecule has 0 bridgehead atoms. The van der Waals surface area contributed by atoms with Crippen LogP contribution in [0.2, 0.25) is 0 Å². The molecule has 0 atom stereocenters. The molecule has 0 radical (unpaired) electrons. The second-order valence-electron chi connectivity index (χ2n) is 5.71. The third kappa shape index (κ3) is 5.08. The predicted octanol–water partition coefficient (Wildman–Crippen LogP) is 2.77. The molecule has 0 aliphatic rings. The molecule has 0 aliphatic carbocycles. The van der Waals surface area contributed by atoms with Crippen LogP contribution in [-0.4, -0.2) is 44.4 Å². The molecule has 0 aliphatic heterocycles. The maximum Gasteiger partial charge on any atom is 0.269 e. The van der Waals surface area contributed by atoms with Crippen LogP contribution >= 0.6 is 23.1 Å². The summed E-state index contributed by atoms with van der Waals surface area (Å²) in [6.45, 7) is 0.955. The van der Waals surface area contributed by atoms with E-state index >= 15 is 0 Å². The smallest absolute Gasteiger partial charge is 0.269 e. The van der Waals surface area contributed by atoms with E-state index in [2.05, 4.69) is 20.8 Å². The van der Waals surface area contributed by atoms with Gasteiger partial charge in [0.15, 0.2) is 11.0 Å². The number of hydrogen-bond acceptors (Lipinski definition) is 8. The molecule has 0 saturated carbocycles. The summed E-state index contributed by atoms with van der Waals surface area (Å²) in [6.07, 6.45) is 0. The molecule has 1 amide bonds. The van der Waals surface area contributed by atoms with Gasteiger partial charge in [0.1, 0.15) is 0 Å². The number of nitrogens with zero attached hydrogens (tertiary/aromatic N) is 4. The standard InChI is InChI=1S/C17H18N6O3S2/c1-22-16(14-3-2-10-27-14)20-21-17(22)28-11-15(24)19-9-8-18-12-4-6-13(7-5-12)23(25)26/h2-7,10,18H,8-9,11H2,1H3,(H,19,24). The maximum absolute atomic E-state index is 12.0. The predicted molar refractivity (Wildman–Crippen MR) is 110 cm³/mol. The highest BCUT2D eigenvalue weighted by molar-refractivity contribution is 7.99. The number of benzene rings is 1. The van der Waals surface area contributed by atoms with E-state index in [1.165, 1.54) is 23.9 Å². The molecule has 2 N–H and O–H groups in total. The lowest BCUT2D eigenvalue weighted by Gasteiger charge is -2.08. The van der Waals surface area contributed by atoms with Crippen LogP contribution < -0.4 is 10.6 Å². The van der Waals surface area contributed by atoms with Gasteiger partial charge < -0.3 is 15.2 Å². The van der Waals surface area contributed by atoms with Crippen LogP contribution in [0.15, 0.2) is 46.9 Å². The first kappa shape index (κ1) is 19.8. The van der Waals surface area contributed by atoms with Crippen LogP contribution in [0.5, 0.6) is 0 Å². The van der Waals surface area contributed by atoms with Crippen LogP contribution in [-0.2, 0) is 11.8 Å². The molecule has 9 nitrogen and oxygen atoms in total. The number of aromatic nitrogens is 3. The number of hydrogen-bond donors (Lipinski definition) is 2. The maximum atomic E-state index is 12.0. The topological polar surface area (TPSA) is 115 Å². The van der Waals surface area contributed by atoms with Crippen LogP contribution in [0.3, 0.4) is 0 Å². The van der Waals surface area contributed by atoms with Crippen molar-refractivity contribution in [3.05, 3.63) is 51.9 Å². The molecule has 3 aromatic rings. The first-order valence-corrected chi connectivity index (χ1v) is 10.2. The lowest BCUT2D eigenvalue weighted by Crippen LogP contribution is -2.30. The lowest BCUT2D eigenvalue weighted by molar-refractivity contribution is -0.384. The Morgan fingerprint density at radius 2 is 2.04 bits per heavy atom. The summed E-state index contributed by atoms with van der Waals surface area (Å²) >= 11 is 2.92. The molecule has 0 spiro atoms. The number of nitro benzene ring substituents is 1. The second kappa shape index (κ2) is 9.33. The molecule has 1 aromatic carbocycles. The molecule has 0 fully saturated rings. The van der Waals surface area contributed by atoms with Gasteiger partial charge >= 0.3 is 0 Å². The zero-order valence-electron chi connectivity index (χ0n) is 15.0. The molecule has 28 heavy (non-hydrogen) atoms. The minimum Gasteiger partial charge on any atom is -0.383 e. The molecule has 0 unspecified atom stereocenters. The summed E-state index contributed by atoms with van der Waals surface area (Å²) in [5.41, 5.74) is 0.802. The Kier molecular flexibility index (Phi) is 6.61. The number of nitro groups is 1. The first-order chi connectivity index (χ1) is 13.5. The molecular formula is C17H18N6O3S2. The number of non-ortho nitro benzene ring substituents is 1. The molecule has 3 rings (SSSR count). The monoisotopic (exact) mass is 418 g/mol. The van der Waals surface area contributed by atoms with Gasteiger partial charge in [0.05, 0.1) is 15.6 Å². The summed E-state index contributed by atoms with van der Waals surface area (Å²) in [6, 6.07) is 10.1. The Bertz CT molecular complexity index is 940. The van der Waals surface area contributed by atoms with Crippen LogP contribution in [0, 0.1) is 10.1 Å². The van der Waals surface area contributed by atoms with Gasteiger partial charge in [0, 0.05) is 38.0 Å². The molecule has 2 heterocycles. The quantitative estimate of drug-likeness (QED) is 0.238. The van der Waals surface area contributed by atoms with E-state index in [0.29, 0.717) is 18.2 Å². The van der Waals surface area contributed by atoms with Gasteiger partial charge in [-0.1, -0.05) is 17.8 Å². The molecule has 2 aromatic heterocycles. The number of nitrogens with one attached hydrogen (secondary N) is 2. The van der Waals surface area contributed by atoms with E-state index in [1.54, 1.807) is 23.5 Å². The molecular weight excluding hydrogens is 400 g/mol. The Balaban J connectivity index is 1.39. The average Bonchev–Trinajstić information content (AvgIpc) is 3.33. The fraction of sp³-hybridized carbons (Fsp3) is 0.235. The number of carbonyl (C=O) groups is 1. The number of rotatable bonds is 9. The van der Waals surface area contributed by atoms with Gasteiger partial charge in [-0.15, -0.1) is 21.5 Å². The van der Waals surface area contributed by atoms with Crippen molar-refractivity contribution in [2.24, 2.45) is 7.05 Å². The van der Waals surface area contributed by atoms with E-state index < -0.39 is 4.92 Å². The van der Waals surface area contributed by atoms with Crippen molar-refractivity contribution < 1.29 is 9.72 Å². The Hall–Kier alpha value is -2.92. The van der Waals surface area contributed by atoms with Crippen molar-refractivity contribution in [2.75, 3.05) is 24.2 Å². The number of anilines is 1. The van der Waals surface area contributed by atoms with Crippen molar-refractivity contribution in [2.45, 2.75) is 5.16 Å². The van der Waals surface area contributed by atoms with E-state index in [9.17, 15) is 14.9 Å². The van der Waals surface area contributed by atoms with Crippen molar-refractivity contribution in [3.63, 3.8) is 0 Å². The molecule has 146 valence electrons. The zero-order chi connectivity index (χ0) is 19.9. The van der Waals surface area contributed by atoms with Crippen LogP contribution in [0.25, 0.3) is 10.7 Å².